The number of likely N-dealkylation sites (tertiary alicyclic amines) is 1. The number of halogens is 3. The number of nitrogens with zero attached hydrogens (tertiary/aromatic N) is 3. The van der Waals surface area contributed by atoms with Gasteiger partial charge in [0.2, 0.25) is 0 Å². The van der Waals surface area contributed by atoms with Crippen LogP contribution in [0, 0.1) is 0 Å². The van der Waals surface area contributed by atoms with Crippen molar-refractivity contribution < 1.29 is 18.3 Å². The zero-order valence-corrected chi connectivity index (χ0v) is 14.5. The minimum absolute atomic E-state index is 0.192. The van der Waals surface area contributed by atoms with Gasteiger partial charge in [-0.2, -0.15) is 13.2 Å². The second kappa shape index (κ2) is 7.61. The fourth-order valence-corrected chi connectivity index (χ4v) is 3.77. The molecule has 0 bridgehead atoms. The second-order valence-corrected chi connectivity index (χ2v) is 7.19. The van der Waals surface area contributed by atoms with Gasteiger partial charge in [-0.05, 0) is 31.2 Å². The van der Waals surface area contributed by atoms with Crippen molar-refractivity contribution in [3.8, 4) is 0 Å². The van der Waals surface area contributed by atoms with Gasteiger partial charge in [-0.25, -0.2) is 0 Å². The highest BCUT2D eigenvalue weighted by Crippen LogP contribution is 2.29. The van der Waals surface area contributed by atoms with E-state index in [1.54, 1.807) is 0 Å². The second-order valence-electron chi connectivity index (χ2n) is 7.19. The lowest BCUT2D eigenvalue weighted by Crippen LogP contribution is -2.58. The molecular formula is C18H26F3N3O. The van der Waals surface area contributed by atoms with Gasteiger partial charge < -0.3 is 10.0 Å². The van der Waals surface area contributed by atoms with Crippen molar-refractivity contribution in [3.63, 3.8) is 0 Å². The quantitative estimate of drug-likeness (QED) is 0.895. The molecule has 0 aliphatic carbocycles. The number of likely N-dealkylation sites (N-methyl/N-ethyl adjacent to an activating group) is 1. The molecule has 0 amide bonds. The van der Waals surface area contributed by atoms with Crippen LogP contribution in [0.25, 0.3) is 0 Å². The van der Waals surface area contributed by atoms with Gasteiger partial charge in [-0.1, -0.05) is 12.1 Å². The van der Waals surface area contributed by atoms with Gasteiger partial charge >= 0.3 is 6.18 Å². The molecule has 2 atom stereocenters. The Labute approximate surface area is 146 Å². The maximum absolute atomic E-state index is 12.6. The molecule has 0 saturated carbocycles. The molecule has 140 valence electrons. The summed E-state index contributed by atoms with van der Waals surface area (Å²) in [6.45, 7) is 6.02. The number of hydrogen-bond acceptors (Lipinski definition) is 4. The summed E-state index contributed by atoms with van der Waals surface area (Å²) in [5, 5.41) is 10.5. The molecule has 2 aliphatic rings. The Kier molecular flexibility index (Phi) is 5.68. The third-order valence-corrected chi connectivity index (χ3v) is 5.32. The molecule has 0 spiro atoms. The van der Waals surface area contributed by atoms with E-state index in [2.05, 4.69) is 21.7 Å². The average Bonchev–Trinajstić information content (AvgIpc) is 2.56. The molecule has 0 aromatic heterocycles. The zero-order chi connectivity index (χ0) is 18.0. The first-order valence-corrected chi connectivity index (χ1v) is 8.82. The Morgan fingerprint density at radius 2 is 1.68 bits per heavy atom. The standard InChI is InChI=1S/C18H26F3N3O/c1-22-8-10-24(11-9-22)16-6-7-23(13-17(16)25)12-14-2-4-15(5-3-14)18(19,20)21/h2-5,16-17,25H,6-13H2,1H3/t16-,17-/m1/s1. The van der Waals surface area contributed by atoms with Crippen molar-refractivity contribution in [3.05, 3.63) is 35.4 Å². The van der Waals surface area contributed by atoms with Crippen molar-refractivity contribution in [2.75, 3.05) is 46.3 Å². The van der Waals surface area contributed by atoms with Crippen LogP contribution in [0.15, 0.2) is 24.3 Å². The van der Waals surface area contributed by atoms with Gasteiger partial charge in [0.15, 0.2) is 0 Å². The number of hydrogen-bond donors (Lipinski definition) is 1. The van der Waals surface area contributed by atoms with Crippen LogP contribution in [0.2, 0.25) is 0 Å². The van der Waals surface area contributed by atoms with Gasteiger partial charge in [0, 0.05) is 51.9 Å². The van der Waals surface area contributed by atoms with Crippen molar-refractivity contribution in [1.82, 2.24) is 14.7 Å². The SMILES string of the molecule is CN1CCN([C@@H]2CCN(Cc3ccc(C(F)(F)F)cc3)C[C@H]2O)CC1. The van der Waals surface area contributed by atoms with Crippen molar-refractivity contribution in [2.45, 2.75) is 31.3 Å². The number of β-amino-alcohol motifs (C(OH)–C–C–N with tert-alkyl or cyclic N) is 1. The Morgan fingerprint density at radius 1 is 1.04 bits per heavy atom. The molecule has 2 fully saturated rings. The summed E-state index contributed by atoms with van der Waals surface area (Å²) in [5.41, 5.74) is 0.225. The fraction of sp³-hybridized carbons (Fsp3) is 0.667. The van der Waals surface area contributed by atoms with Crippen LogP contribution in [0.4, 0.5) is 13.2 Å². The molecule has 25 heavy (non-hydrogen) atoms. The largest absolute Gasteiger partial charge is 0.416 e. The van der Waals surface area contributed by atoms with Crippen LogP contribution in [0.1, 0.15) is 17.5 Å². The van der Waals surface area contributed by atoms with E-state index >= 15 is 0 Å². The first-order valence-electron chi connectivity index (χ1n) is 8.82. The third kappa shape index (κ3) is 4.73. The minimum atomic E-state index is -4.30. The van der Waals surface area contributed by atoms with E-state index in [1.165, 1.54) is 12.1 Å². The summed E-state index contributed by atoms with van der Waals surface area (Å²) in [6.07, 6.45) is -3.81. The van der Waals surface area contributed by atoms with Gasteiger partial charge in [0.25, 0.3) is 0 Å². The number of benzene rings is 1. The van der Waals surface area contributed by atoms with Crippen LogP contribution in [0.5, 0.6) is 0 Å². The molecule has 1 aromatic carbocycles. The Hall–Kier alpha value is -1.15. The van der Waals surface area contributed by atoms with Crippen molar-refractivity contribution >= 4 is 0 Å². The smallest absolute Gasteiger partial charge is 0.390 e. The molecule has 7 heteroatoms. The highest BCUT2D eigenvalue weighted by atomic mass is 19.4. The van der Waals surface area contributed by atoms with Crippen LogP contribution < -0.4 is 0 Å². The Balaban J connectivity index is 1.53. The lowest BCUT2D eigenvalue weighted by molar-refractivity contribution is -0.137. The summed E-state index contributed by atoms with van der Waals surface area (Å²) < 4.78 is 37.9. The van der Waals surface area contributed by atoms with Crippen LogP contribution >= 0.6 is 0 Å². The van der Waals surface area contributed by atoms with Gasteiger partial charge in [-0.3, -0.25) is 9.80 Å². The number of aliphatic hydroxyl groups is 1. The number of alkyl halides is 3. The van der Waals surface area contributed by atoms with Gasteiger partial charge in [0.1, 0.15) is 0 Å². The van der Waals surface area contributed by atoms with Crippen molar-refractivity contribution in [2.24, 2.45) is 0 Å². The number of piperazine rings is 1. The van der Waals surface area contributed by atoms with E-state index in [0.29, 0.717) is 13.1 Å². The van der Waals surface area contributed by atoms with Gasteiger partial charge in [0.05, 0.1) is 11.7 Å². The lowest BCUT2D eigenvalue weighted by Gasteiger charge is -2.44. The molecular weight excluding hydrogens is 331 g/mol. The summed E-state index contributed by atoms with van der Waals surface area (Å²) in [6, 6.07) is 5.51. The highest BCUT2D eigenvalue weighted by molar-refractivity contribution is 5.24. The first-order chi connectivity index (χ1) is 11.8. The number of piperidine rings is 1. The predicted octanol–water partition coefficient (Wildman–Crippen LogP) is 1.89. The van der Waals surface area contributed by atoms with E-state index in [1.807, 2.05) is 0 Å². The monoisotopic (exact) mass is 357 g/mol. The fourth-order valence-electron chi connectivity index (χ4n) is 3.77. The third-order valence-electron chi connectivity index (χ3n) is 5.32. The topological polar surface area (TPSA) is 30.0 Å². The highest BCUT2D eigenvalue weighted by Gasteiger charge is 2.33. The maximum atomic E-state index is 12.6. The zero-order valence-electron chi connectivity index (χ0n) is 14.5. The molecule has 3 rings (SSSR count). The van der Waals surface area contributed by atoms with E-state index in [-0.39, 0.29) is 6.04 Å². The number of aliphatic hydroxyl groups excluding tert-OH is 1. The molecule has 2 saturated heterocycles. The summed E-state index contributed by atoms with van der Waals surface area (Å²) in [4.78, 5) is 6.79. The van der Waals surface area contributed by atoms with Gasteiger partial charge in [-0.15, -0.1) is 0 Å². The predicted molar refractivity (Wildman–Crippen MR) is 90.2 cm³/mol. The van der Waals surface area contributed by atoms with Crippen molar-refractivity contribution in [1.29, 1.82) is 0 Å². The summed E-state index contributed by atoms with van der Waals surface area (Å²) in [5.74, 6) is 0. The molecule has 2 heterocycles. The van der Waals surface area contributed by atoms with E-state index < -0.39 is 17.8 Å². The Bertz CT molecular complexity index is 556. The van der Waals surface area contributed by atoms with Crippen LogP contribution in [-0.2, 0) is 12.7 Å². The molecule has 0 radical (unpaired) electrons. The van der Waals surface area contributed by atoms with E-state index in [9.17, 15) is 18.3 Å². The summed E-state index contributed by atoms with van der Waals surface area (Å²) in [7, 11) is 2.11. The Morgan fingerprint density at radius 3 is 2.24 bits per heavy atom. The van der Waals surface area contributed by atoms with Crippen LogP contribution in [-0.4, -0.2) is 78.3 Å². The van der Waals surface area contributed by atoms with E-state index in [0.717, 1.165) is 56.8 Å². The molecule has 4 nitrogen and oxygen atoms in total. The number of rotatable bonds is 3. The molecule has 2 aliphatic heterocycles. The first kappa shape index (κ1) is 18.6. The lowest BCUT2D eigenvalue weighted by atomic mass is 9.98. The molecule has 1 N–H and O–H groups in total. The normalized spacial score (nSPS) is 27.6. The molecule has 1 aromatic rings. The minimum Gasteiger partial charge on any atom is -0.390 e. The average molecular weight is 357 g/mol. The molecule has 0 unspecified atom stereocenters. The van der Waals surface area contributed by atoms with E-state index in [4.69, 9.17) is 0 Å². The van der Waals surface area contributed by atoms with Crippen LogP contribution in [0.3, 0.4) is 0 Å². The maximum Gasteiger partial charge on any atom is 0.416 e. The summed E-state index contributed by atoms with van der Waals surface area (Å²) >= 11 is 0.